The van der Waals surface area contributed by atoms with Gasteiger partial charge in [0.15, 0.2) is 0 Å². The monoisotopic (exact) mass is 293 g/mol. The first-order valence-electron chi connectivity index (χ1n) is 8.07. The third kappa shape index (κ3) is 4.09. The molecule has 4 heteroatoms. The van der Waals surface area contributed by atoms with E-state index in [2.05, 4.69) is 56.2 Å². The first kappa shape index (κ1) is 16.5. The minimum atomic E-state index is 0.384. The molecule has 1 fully saturated rings. The molecule has 2 rings (SSSR count). The molecular formula is C17H31N3O. The Labute approximate surface area is 129 Å². The van der Waals surface area contributed by atoms with Gasteiger partial charge in [0.05, 0.1) is 12.8 Å². The van der Waals surface area contributed by atoms with Crippen LogP contribution in [0.15, 0.2) is 16.7 Å². The van der Waals surface area contributed by atoms with Gasteiger partial charge in [-0.25, -0.2) is 0 Å². The highest BCUT2D eigenvalue weighted by atomic mass is 16.3. The third-order valence-corrected chi connectivity index (χ3v) is 4.75. The zero-order chi connectivity index (χ0) is 15.5. The van der Waals surface area contributed by atoms with E-state index in [-0.39, 0.29) is 0 Å². The molecule has 120 valence electrons. The second kappa shape index (κ2) is 6.95. The van der Waals surface area contributed by atoms with Gasteiger partial charge in [-0.3, -0.25) is 0 Å². The van der Waals surface area contributed by atoms with Crippen LogP contribution < -0.4 is 5.32 Å². The number of furan rings is 1. The zero-order valence-electron chi connectivity index (χ0n) is 14.3. The molecule has 4 nitrogen and oxygen atoms in total. The molecule has 0 aliphatic heterocycles. The van der Waals surface area contributed by atoms with Crippen molar-refractivity contribution >= 4 is 0 Å². The fourth-order valence-corrected chi connectivity index (χ4v) is 3.14. The van der Waals surface area contributed by atoms with Gasteiger partial charge < -0.3 is 19.5 Å². The standard InChI is InChI=1S/C17H31N3O/c1-14(2)18-11-16-15(7-10-21-16)12-20(5)13-17(19(3)4)8-6-9-17/h7,10,14,18H,6,8-9,11-13H2,1-5H3. The van der Waals surface area contributed by atoms with Crippen molar-refractivity contribution in [2.45, 2.75) is 57.8 Å². The Morgan fingerprint density at radius 3 is 2.52 bits per heavy atom. The van der Waals surface area contributed by atoms with E-state index < -0.39 is 0 Å². The molecule has 0 bridgehead atoms. The van der Waals surface area contributed by atoms with Crippen LogP contribution in [0, 0.1) is 0 Å². The van der Waals surface area contributed by atoms with Gasteiger partial charge in [0, 0.05) is 30.2 Å². The highest BCUT2D eigenvalue weighted by molar-refractivity contribution is 5.17. The van der Waals surface area contributed by atoms with Gasteiger partial charge in [-0.15, -0.1) is 0 Å². The molecule has 21 heavy (non-hydrogen) atoms. The van der Waals surface area contributed by atoms with Crippen LogP contribution in [0.3, 0.4) is 0 Å². The summed E-state index contributed by atoms with van der Waals surface area (Å²) in [6.45, 7) is 7.22. The molecule has 1 heterocycles. The predicted octanol–water partition coefficient (Wildman–Crippen LogP) is 2.69. The van der Waals surface area contributed by atoms with Gasteiger partial charge in [-0.2, -0.15) is 0 Å². The minimum Gasteiger partial charge on any atom is -0.468 e. The summed E-state index contributed by atoms with van der Waals surface area (Å²) < 4.78 is 5.63. The maximum atomic E-state index is 5.63. The Bertz CT molecular complexity index is 435. The minimum absolute atomic E-state index is 0.384. The molecule has 1 aliphatic rings. The van der Waals surface area contributed by atoms with Crippen molar-refractivity contribution in [3.8, 4) is 0 Å². The molecule has 1 aliphatic carbocycles. The van der Waals surface area contributed by atoms with Crippen LogP contribution in [0.2, 0.25) is 0 Å². The number of nitrogens with one attached hydrogen (secondary N) is 1. The van der Waals surface area contributed by atoms with Crippen molar-refractivity contribution in [2.24, 2.45) is 0 Å². The van der Waals surface area contributed by atoms with E-state index in [1.807, 2.05) is 6.26 Å². The average molecular weight is 293 g/mol. The van der Waals surface area contributed by atoms with E-state index in [0.717, 1.165) is 25.4 Å². The van der Waals surface area contributed by atoms with Crippen LogP contribution in [0.1, 0.15) is 44.4 Å². The van der Waals surface area contributed by atoms with Crippen LogP contribution in [0.4, 0.5) is 0 Å². The number of hydrogen-bond acceptors (Lipinski definition) is 4. The number of hydrogen-bond donors (Lipinski definition) is 1. The van der Waals surface area contributed by atoms with Crippen LogP contribution in [-0.4, -0.2) is 49.1 Å². The van der Waals surface area contributed by atoms with E-state index in [1.165, 1.54) is 24.8 Å². The van der Waals surface area contributed by atoms with Gasteiger partial charge in [0.2, 0.25) is 0 Å². The summed E-state index contributed by atoms with van der Waals surface area (Å²) in [7, 11) is 6.64. The Balaban J connectivity index is 1.91. The quantitative estimate of drug-likeness (QED) is 0.798. The molecule has 1 N–H and O–H groups in total. The van der Waals surface area contributed by atoms with Crippen LogP contribution in [0.25, 0.3) is 0 Å². The lowest BCUT2D eigenvalue weighted by molar-refractivity contribution is 0.0257. The fraction of sp³-hybridized carbons (Fsp3) is 0.765. The van der Waals surface area contributed by atoms with Crippen molar-refractivity contribution in [3.63, 3.8) is 0 Å². The Hall–Kier alpha value is -0.840. The van der Waals surface area contributed by atoms with Gasteiger partial charge >= 0.3 is 0 Å². The van der Waals surface area contributed by atoms with E-state index in [4.69, 9.17) is 4.42 Å². The highest BCUT2D eigenvalue weighted by Crippen LogP contribution is 2.36. The van der Waals surface area contributed by atoms with Crippen LogP contribution >= 0.6 is 0 Å². The number of rotatable bonds is 8. The van der Waals surface area contributed by atoms with Crippen LogP contribution in [0.5, 0.6) is 0 Å². The molecule has 1 saturated carbocycles. The Morgan fingerprint density at radius 1 is 1.29 bits per heavy atom. The number of likely N-dealkylation sites (N-methyl/N-ethyl adjacent to an activating group) is 2. The smallest absolute Gasteiger partial charge is 0.122 e. The lowest BCUT2D eigenvalue weighted by Gasteiger charge is -2.49. The Morgan fingerprint density at radius 2 is 2.00 bits per heavy atom. The van der Waals surface area contributed by atoms with Crippen molar-refractivity contribution in [1.29, 1.82) is 0 Å². The second-order valence-corrected chi connectivity index (χ2v) is 7.05. The van der Waals surface area contributed by atoms with Gasteiger partial charge in [-0.05, 0) is 46.5 Å². The van der Waals surface area contributed by atoms with Crippen LogP contribution in [-0.2, 0) is 13.1 Å². The first-order valence-corrected chi connectivity index (χ1v) is 8.07. The van der Waals surface area contributed by atoms with Crippen molar-refractivity contribution < 1.29 is 4.42 Å². The summed E-state index contributed by atoms with van der Waals surface area (Å²) in [5.41, 5.74) is 1.69. The van der Waals surface area contributed by atoms with Crippen molar-refractivity contribution in [1.82, 2.24) is 15.1 Å². The van der Waals surface area contributed by atoms with Gasteiger partial charge in [0.1, 0.15) is 5.76 Å². The predicted molar refractivity (Wildman–Crippen MR) is 87.3 cm³/mol. The SMILES string of the molecule is CC(C)NCc1occc1CN(C)CC1(N(C)C)CCC1. The maximum Gasteiger partial charge on any atom is 0.122 e. The van der Waals surface area contributed by atoms with Crippen molar-refractivity contribution in [3.05, 3.63) is 23.7 Å². The maximum absolute atomic E-state index is 5.63. The first-order chi connectivity index (χ1) is 9.93. The number of nitrogens with zero attached hydrogens (tertiary/aromatic N) is 2. The van der Waals surface area contributed by atoms with Crippen molar-refractivity contribution in [2.75, 3.05) is 27.7 Å². The molecule has 1 aromatic rings. The van der Waals surface area contributed by atoms with Gasteiger partial charge in [0.25, 0.3) is 0 Å². The fourth-order valence-electron chi connectivity index (χ4n) is 3.14. The molecule has 0 spiro atoms. The van der Waals surface area contributed by atoms with Gasteiger partial charge in [-0.1, -0.05) is 13.8 Å². The average Bonchev–Trinajstić information content (AvgIpc) is 2.78. The highest BCUT2D eigenvalue weighted by Gasteiger charge is 2.39. The topological polar surface area (TPSA) is 31.7 Å². The van der Waals surface area contributed by atoms with E-state index >= 15 is 0 Å². The molecule has 0 aromatic carbocycles. The summed E-state index contributed by atoms with van der Waals surface area (Å²) in [6.07, 6.45) is 5.81. The summed E-state index contributed by atoms with van der Waals surface area (Å²) in [5.74, 6) is 1.07. The molecule has 0 atom stereocenters. The molecular weight excluding hydrogens is 262 g/mol. The summed E-state index contributed by atoms with van der Waals surface area (Å²) in [4.78, 5) is 4.84. The second-order valence-electron chi connectivity index (χ2n) is 7.05. The summed E-state index contributed by atoms with van der Waals surface area (Å²) >= 11 is 0. The zero-order valence-corrected chi connectivity index (χ0v) is 14.3. The summed E-state index contributed by atoms with van der Waals surface area (Å²) in [5, 5.41) is 3.43. The molecule has 1 aromatic heterocycles. The summed E-state index contributed by atoms with van der Waals surface area (Å²) in [6, 6.07) is 2.59. The molecule has 0 amide bonds. The molecule has 0 saturated heterocycles. The Kier molecular flexibility index (Phi) is 5.47. The lowest BCUT2D eigenvalue weighted by Crippen LogP contribution is -2.56. The lowest BCUT2D eigenvalue weighted by atomic mass is 9.75. The van der Waals surface area contributed by atoms with E-state index in [9.17, 15) is 0 Å². The molecule has 0 radical (unpaired) electrons. The normalized spacial score (nSPS) is 17.7. The third-order valence-electron chi connectivity index (χ3n) is 4.75. The largest absolute Gasteiger partial charge is 0.468 e. The van der Waals surface area contributed by atoms with E-state index in [0.29, 0.717) is 11.6 Å². The molecule has 0 unspecified atom stereocenters. The van der Waals surface area contributed by atoms with E-state index in [1.54, 1.807) is 0 Å².